The summed E-state index contributed by atoms with van der Waals surface area (Å²) >= 11 is 5.99. The van der Waals surface area contributed by atoms with Gasteiger partial charge in [0.05, 0.1) is 10.5 Å². The minimum absolute atomic E-state index is 0.0166. The second-order valence-electron chi connectivity index (χ2n) is 4.70. The van der Waals surface area contributed by atoms with E-state index in [2.05, 4.69) is 4.72 Å². The van der Waals surface area contributed by atoms with Crippen LogP contribution in [0.2, 0.25) is 5.02 Å². The van der Waals surface area contributed by atoms with Crippen LogP contribution in [-0.2, 0) is 21.4 Å². The molecule has 7 heteroatoms. The van der Waals surface area contributed by atoms with E-state index in [0.29, 0.717) is 10.6 Å². The van der Waals surface area contributed by atoms with Gasteiger partial charge in [-0.05, 0) is 24.3 Å². The Morgan fingerprint density at radius 1 is 1.17 bits per heavy atom. The Hall–Kier alpha value is -1.89. The lowest BCUT2D eigenvalue weighted by atomic mass is 10.2. The third-order valence-electron chi connectivity index (χ3n) is 3.03. The molecule has 0 amide bonds. The van der Waals surface area contributed by atoms with Gasteiger partial charge in [0.1, 0.15) is 6.61 Å². The lowest BCUT2D eigenvalue weighted by Gasteiger charge is -2.08. The lowest BCUT2D eigenvalue weighted by Crippen LogP contribution is -2.23. The summed E-state index contributed by atoms with van der Waals surface area (Å²) in [7, 11) is -3.62. The van der Waals surface area contributed by atoms with E-state index in [9.17, 15) is 13.2 Å². The zero-order chi connectivity index (χ0) is 16.9. The predicted octanol–water partition coefficient (Wildman–Crippen LogP) is 3.00. The van der Waals surface area contributed by atoms with Crippen LogP contribution in [0, 0.1) is 0 Å². The van der Waals surface area contributed by atoms with Crippen LogP contribution in [0.3, 0.4) is 0 Å². The highest BCUT2D eigenvalue weighted by Crippen LogP contribution is 2.17. The van der Waals surface area contributed by atoms with Crippen LogP contribution < -0.4 is 4.72 Å². The van der Waals surface area contributed by atoms with Gasteiger partial charge in [0.15, 0.2) is 0 Å². The summed E-state index contributed by atoms with van der Waals surface area (Å²) in [6, 6.07) is 12.7. The van der Waals surface area contributed by atoms with Gasteiger partial charge in [-0.25, -0.2) is 17.9 Å². The summed E-state index contributed by atoms with van der Waals surface area (Å²) in [5.41, 5.74) is 0.843. The molecule has 0 aliphatic rings. The zero-order valence-electron chi connectivity index (χ0n) is 12.5. The lowest BCUT2D eigenvalue weighted by molar-refractivity contribution is 0.0472. The number of benzene rings is 2. The quantitative estimate of drug-likeness (QED) is 0.810. The van der Waals surface area contributed by atoms with E-state index in [1.165, 1.54) is 24.3 Å². The van der Waals surface area contributed by atoms with Crippen LogP contribution in [0.5, 0.6) is 0 Å². The van der Waals surface area contributed by atoms with Crippen molar-refractivity contribution in [3.05, 3.63) is 64.7 Å². The Kier molecular flexibility index (Phi) is 5.76. The molecule has 1 N–H and O–H groups in total. The number of nitrogens with one attached hydrogen (secondary N) is 1. The largest absolute Gasteiger partial charge is 0.457 e. The van der Waals surface area contributed by atoms with Crippen molar-refractivity contribution in [2.24, 2.45) is 0 Å². The number of hydrogen-bond donors (Lipinski definition) is 1. The molecule has 0 bridgehead atoms. The molecule has 0 saturated heterocycles. The molecule has 2 aromatic rings. The molecule has 0 spiro atoms. The Morgan fingerprint density at radius 3 is 2.61 bits per heavy atom. The minimum Gasteiger partial charge on any atom is -0.457 e. The molecule has 2 aromatic carbocycles. The predicted molar refractivity (Wildman–Crippen MR) is 87.9 cm³/mol. The van der Waals surface area contributed by atoms with Gasteiger partial charge in [-0.15, -0.1) is 0 Å². The molecule has 0 aliphatic carbocycles. The van der Waals surface area contributed by atoms with Crippen LogP contribution in [0.4, 0.5) is 0 Å². The second kappa shape index (κ2) is 7.59. The third-order valence-corrected chi connectivity index (χ3v) is 4.94. The van der Waals surface area contributed by atoms with Crippen molar-refractivity contribution in [3.8, 4) is 0 Å². The fourth-order valence-electron chi connectivity index (χ4n) is 1.91. The van der Waals surface area contributed by atoms with Gasteiger partial charge in [-0.2, -0.15) is 0 Å². The van der Waals surface area contributed by atoms with Crippen molar-refractivity contribution in [1.29, 1.82) is 0 Å². The topological polar surface area (TPSA) is 72.5 Å². The highest BCUT2D eigenvalue weighted by atomic mass is 35.5. The first kappa shape index (κ1) is 17.5. The van der Waals surface area contributed by atoms with Crippen molar-refractivity contribution < 1.29 is 17.9 Å². The molecular formula is C16H16ClNO4S. The van der Waals surface area contributed by atoms with E-state index in [0.717, 1.165) is 0 Å². The summed E-state index contributed by atoms with van der Waals surface area (Å²) in [6.07, 6.45) is 0. The highest BCUT2D eigenvalue weighted by Gasteiger charge is 2.16. The summed E-state index contributed by atoms with van der Waals surface area (Å²) in [4.78, 5) is 12.1. The highest BCUT2D eigenvalue weighted by molar-refractivity contribution is 7.89. The number of carbonyl (C=O) groups is 1. The molecule has 122 valence electrons. The van der Waals surface area contributed by atoms with Crippen LogP contribution in [0.1, 0.15) is 22.8 Å². The minimum atomic E-state index is -3.62. The third kappa shape index (κ3) is 4.54. The van der Waals surface area contributed by atoms with Crippen molar-refractivity contribution in [2.45, 2.75) is 18.4 Å². The van der Waals surface area contributed by atoms with Crippen molar-refractivity contribution in [1.82, 2.24) is 4.72 Å². The Bertz CT molecular complexity index is 805. The maximum absolute atomic E-state index is 12.1. The van der Waals surface area contributed by atoms with Crippen LogP contribution in [0.25, 0.3) is 0 Å². The average molecular weight is 354 g/mol. The molecule has 23 heavy (non-hydrogen) atoms. The van der Waals surface area contributed by atoms with Crippen molar-refractivity contribution in [2.75, 3.05) is 6.54 Å². The first-order valence-corrected chi connectivity index (χ1v) is 8.80. The molecular weight excluding hydrogens is 338 g/mol. The van der Waals surface area contributed by atoms with E-state index in [-0.39, 0.29) is 23.6 Å². The standard InChI is InChI=1S/C16H16ClNO4S/c1-2-18-23(20,21)14-8-5-7-12(10-14)16(19)22-11-13-6-3-4-9-15(13)17/h3-10,18H,2,11H2,1H3. The van der Waals surface area contributed by atoms with Gasteiger partial charge >= 0.3 is 5.97 Å². The number of sulfonamides is 1. The molecule has 0 saturated carbocycles. The van der Waals surface area contributed by atoms with Gasteiger partial charge in [0.25, 0.3) is 0 Å². The van der Waals surface area contributed by atoms with Gasteiger partial charge in [-0.1, -0.05) is 42.8 Å². The summed E-state index contributed by atoms with van der Waals surface area (Å²) < 4.78 is 31.5. The van der Waals surface area contributed by atoms with Crippen LogP contribution in [-0.4, -0.2) is 20.9 Å². The smallest absolute Gasteiger partial charge is 0.338 e. The molecule has 0 unspecified atom stereocenters. The van der Waals surface area contributed by atoms with Crippen molar-refractivity contribution >= 4 is 27.6 Å². The fraction of sp³-hybridized carbons (Fsp3) is 0.188. The fourth-order valence-corrected chi connectivity index (χ4v) is 3.18. The Balaban J connectivity index is 2.13. The number of halogens is 1. The molecule has 0 heterocycles. The summed E-state index contributed by atoms with van der Waals surface area (Å²) in [5, 5.41) is 0.503. The molecule has 0 aliphatic heterocycles. The zero-order valence-corrected chi connectivity index (χ0v) is 14.0. The average Bonchev–Trinajstić information content (AvgIpc) is 2.54. The molecule has 0 fully saturated rings. The van der Waals surface area contributed by atoms with Gasteiger partial charge in [-0.3, -0.25) is 0 Å². The normalized spacial score (nSPS) is 11.2. The number of ether oxygens (including phenoxy) is 1. The Morgan fingerprint density at radius 2 is 1.91 bits per heavy atom. The summed E-state index contributed by atoms with van der Waals surface area (Å²) in [6.45, 7) is 1.96. The number of rotatable bonds is 6. The first-order valence-electron chi connectivity index (χ1n) is 6.94. The van der Waals surface area contributed by atoms with E-state index < -0.39 is 16.0 Å². The summed E-state index contributed by atoms with van der Waals surface area (Å²) in [5.74, 6) is -0.613. The SMILES string of the molecule is CCNS(=O)(=O)c1cccc(C(=O)OCc2ccccc2Cl)c1. The molecule has 0 radical (unpaired) electrons. The number of esters is 1. The van der Waals surface area contributed by atoms with Gasteiger partial charge in [0, 0.05) is 17.1 Å². The van der Waals surface area contributed by atoms with Crippen LogP contribution >= 0.6 is 11.6 Å². The maximum Gasteiger partial charge on any atom is 0.338 e. The Labute approximate surface area is 140 Å². The van der Waals surface area contributed by atoms with E-state index in [4.69, 9.17) is 16.3 Å². The molecule has 2 rings (SSSR count). The number of carbonyl (C=O) groups excluding carboxylic acids is 1. The van der Waals surface area contributed by atoms with E-state index in [1.54, 1.807) is 31.2 Å². The van der Waals surface area contributed by atoms with Gasteiger partial charge < -0.3 is 4.74 Å². The first-order chi connectivity index (χ1) is 10.9. The monoisotopic (exact) mass is 353 g/mol. The van der Waals surface area contributed by atoms with Crippen LogP contribution in [0.15, 0.2) is 53.4 Å². The second-order valence-corrected chi connectivity index (χ2v) is 6.87. The van der Waals surface area contributed by atoms with E-state index >= 15 is 0 Å². The van der Waals surface area contributed by atoms with E-state index in [1.807, 2.05) is 0 Å². The number of hydrogen-bond acceptors (Lipinski definition) is 4. The molecule has 5 nitrogen and oxygen atoms in total. The van der Waals surface area contributed by atoms with Gasteiger partial charge in [0.2, 0.25) is 10.0 Å². The molecule has 0 atom stereocenters. The molecule has 0 aromatic heterocycles. The van der Waals surface area contributed by atoms with Crippen molar-refractivity contribution in [3.63, 3.8) is 0 Å². The maximum atomic E-state index is 12.1.